The number of nitrogens with one attached hydrogen (secondary N) is 1. The summed E-state index contributed by atoms with van der Waals surface area (Å²) in [6.07, 6.45) is 0.800. The molecule has 4 nitrogen and oxygen atoms in total. The lowest BCUT2D eigenvalue weighted by molar-refractivity contribution is -0.119. The van der Waals surface area contributed by atoms with Crippen molar-refractivity contribution in [3.63, 3.8) is 0 Å². The van der Waals surface area contributed by atoms with Crippen LogP contribution in [0.3, 0.4) is 0 Å². The first kappa shape index (κ1) is 16.7. The predicted octanol–water partition coefficient (Wildman–Crippen LogP) is 4.31. The van der Waals surface area contributed by atoms with Gasteiger partial charge in [-0.1, -0.05) is 24.6 Å². The Labute approximate surface area is 148 Å². The molecule has 2 aromatic carbocycles. The largest absolute Gasteiger partial charge is 0.361 e. The van der Waals surface area contributed by atoms with Crippen molar-refractivity contribution in [2.45, 2.75) is 31.2 Å². The van der Waals surface area contributed by atoms with Crippen LogP contribution in [0.1, 0.15) is 18.9 Å². The van der Waals surface area contributed by atoms with Gasteiger partial charge in [0.25, 0.3) is 0 Å². The number of aryl methyl sites for hydroxylation is 1. The van der Waals surface area contributed by atoms with Crippen LogP contribution in [-0.4, -0.2) is 26.0 Å². The average molecular weight is 341 g/mol. The minimum absolute atomic E-state index is 0.0949. The number of amides is 1. The summed E-state index contributed by atoms with van der Waals surface area (Å²) < 4.78 is 3.40. The van der Waals surface area contributed by atoms with Gasteiger partial charge >= 0.3 is 0 Å². The number of carbonyl (C=O) groups is 1. The van der Waals surface area contributed by atoms with Gasteiger partial charge in [-0.3, -0.25) is 4.79 Å². The third-order valence-electron chi connectivity index (χ3n) is 4.49. The normalized spacial score (nSPS) is 17.0. The van der Waals surface area contributed by atoms with Crippen molar-refractivity contribution in [3.05, 3.63) is 48.0 Å². The van der Waals surface area contributed by atoms with Crippen LogP contribution in [0, 0.1) is 6.92 Å². The van der Waals surface area contributed by atoms with E-state index in [0.717, 1.165) is 23.5 Å². The molecule has 0 saturated carbocycles. The second-order valence-corrected chi connectivity index (χ2v) is 7.03. The summed E-state index contributed by atoms with van der Waals surface area (Å²) in [4.78, 5) is 17.4. The molecule has 3 rings (SSSR count). The Hall–Kier alpha value is -2.14. The quantitative estimate of drug-likeness (QED) is 0.841. The van der Waals surface area contributed by atoms with Crippen molar-refractivity contribution < 1.29 is 4.79 Å². The minimum atomic E-state index is -0.0949. The molecule has 0 fully saturated rings. The van der Waals surface area contributed by atoms with Gasteiger partial charge in [0, 0.05) is 24.7 Å². The van der Waals surface area contributed by atoms with Gasteiger partial charge in [0.15, 0.2) is 0 Å². The fourth-order valence-electron chi connectivity index (χ4n) is 3.00. The van der Waals surface area contributed by atoms with E-state index in [0.29, 0.717) is 0 Å². The molecule has 126 valence electrons. The highest BCUT2D eigenvalue weighted by Gasteiger charge is 2.33. The highest BCUT2D eigenvalue weighted by molar-refractivity contribution is 8.00. The van der Waals surface area contributed by atoms with E-state index < -0.39 is 0 Å². The number of nitrogens with zero attached hydrogens (tertiary/aromatic N) is 2. The van der Waals surface area contributed by atoms with Gasteiger partial charge < -0.3 is 14.5 Å². The SMILES string of the molecule is CCC1C(=O)N(C)c2ccc(NSc3ccc(C)cc3)cc2N1C. The second kappa shape index (κ2) is 6.77. The molecule has 24 heavy (non-hydrogen) atoms. The Balaban J connectivity index is 1.81. The lowest BCUT2D eigenvalue weighted by Crippen LogP contribution is -2.50. The van der Waals surface area contributed by atoms with Crippen molar-refractivity contribution in [1.29, 1.82) is 0 Å². The molecule has 5 heteroatoms. The molecule has 1 unspecified atom stereocenters. The number of likely N-dealkylation sites (N-methyl/N-ethyl adjacent to an activating group) is 2. The van der Waals surface area contributed by atoms with Gasteiger partial charge in [0.05, 0.1) is 11.4 Å². The van der Waals surface area contributed by atoms with Crippen molar-refractivity contribution in [2.24, 2.45) is 0 Å². The fraction of sp³-hybridized carbons (Fsp3) is 0.316. The van der Waals surface area contributed by atoms with Crippen molar-refractivity contribution >= 4 is 34.9 Å². The molecule has 1 N–H and O–H groups in total. The Morgan fingerprint density at radius 2 is 1.79 bits per heavy atom. The van der Waals surface area contributed by atoms with Crippen LogP contribution in [0.5, 0.6) is 0 Å². The maximum atomic E-state index is 12.4. The summed E-state index contributed by atoms with van der Waals surface area (Å²) in [5.41, 5.74) is 4.33. The van der Waals surface area contributed by atoms with Crippen LogP contribution in [0.2, 0.25) is 0 Å². The van der Waals surface area contributed by atoms with Gasteiger partial charge in [-0.15, -0.1) is 0 Å². The van der Waals surface area contributed by atoms with E-state index in [1.165, 1.54) is 10.5 Å². The van der Waals surface area contributed by atoms with E-state index in [9.17, 15) is 4.79 Å². The van der Waals surface area contributed by atoms with Crippen LogP contribution in [-0.2, 0) is 4.79 Å². The molecule has 1 amide bonds. The molecular weight excluding hydrogens is 318 g/mol. The molecule has 1 atom stereocenters. The van der Waals surface area contributed by atoms with Crippen LogP contribution >= 0.6 is 11.9 Å². The molecule has 1 heterocycles. The number of benzene rings is 2. The van der Waals surface area contributed by atoms with Crippen molar-refractivity contribution in [2.75, 3.05) is 28.6 Å². The Morgan fingerprint density at radius 1 is 1.08 bits per heavy atom. The van der Waals surface area contributed by atoms with Crippen molar-refractivity contribution in [3.8, 4) is 0 Å². The van der Waals surface area contributed by atoms with Crippen LogP contribution in [0.15, 0.2) is 47.4 Å². The molecule has 0 bridgehead atoms. The van der Waals surface area contributed by atoms with E-state index in [2.05, 4.69) is 46.9 Å². The monoisotopic (exact) mass is 341 g/mol. The zero-order valence-corrected chi connectivity index (χ0v) is 15.4. The van der Waals surface area contributed by atoms with E-state index in [1.54, 1.807) is 16.8 Å². The standard InChI is InChI=1S/C19H23N3OS/c1-5-16-19(23)22(4)17-11-8-14(12-18(17)21(16)3)20-24-15-9-6-13(2)7-10-15/h6-12,16,20H,5H2,1-4H3. The fourth-order valence-corrected chi connectivity index (χ4v) is 3.64. The average Bonchev–Trinajstić information content (AvgIpc) is 2.60. The molecule has 0 radical (unpaired) electrons. The minimum Gasteiger partial charge on any atom is -0.361 e. The Bertz CT molecular complexity index is 745. The zero-order chi connectivity index (χ0) is 17.3. The summed E-state index contributed by atoms with van der Waals surface area (Å²) in [7, 11) is 3.85. The Kier molecular flexibility index (Phi) is 4.71. The lowest BCUT2D eigenvalue weighted by Gasteiger charge is -2.39. The second-order valence-electron chi connectivity index (χ2n) is 6.15. The number of anilines is 3. The maximum absolute atomic E-state index is 12.4. The molecule has 0 saturated heterocycles. The van der Waals surface area contributed by atoms with Crippen LogP contribution in [0.4, 0.5) is 17.1 Å². The number of hydrogen-bond acceptors (Lipinski definition) is 4. The van der Waals surface area contributed by atoms with E-state index in [1.807, 2.05) is 33.2 Å². The third-order valence-corrected chi connectivity index (χ3v) is 5.34. The summed E-state index contributed by atoms with van der Waals surface area (Å²) in [5, 5.41) is 0. The summed E-state index contributed by atoms with van der Waals surface area (Å²) in [5.74, 6) is 0.155. The topological polar surface area (TPSA) is 35.6 Å². The molecular formula is C19H23N3OS. The molecule has 0 spiro atoms. The summed E-state index contributed by atoms with van der Waals surface area (Å²) >= 11 is 1.59. The zero-order valence-electron chi connectivity index (χ0n) is 14.5. The van der Waals surface area contributed by atoms with Gasteiger partial charge in [-0.05, 0) is 55.6 Å². The number of carbonyl (C=O) groups excluding carboxylic acids is 1. The summed E-state index contributed by atoms with van der Waals surface area (Å²) in [6.45, 7) is 4.14. The number of fused-ring (bicyclic) bond motifs is 1. The van der Waals surface area contributed by atoms with Gasteiger partial charge in [0.2, 0.25) is 5.91 Å². The summed E-state index contributed by atoms with van der Waals surface area (Å²) in [6, 6.07) is 14.5. The first-order valence-electron chi connectivity index (χ1n) is 8.15. The molecule has 1 aliphatic heterocycles. The molecule has 0 aliphatic carbocycles. The molecule has 1 aliphatic rings. The molecule has 0 aromatic heterocycles. The van der Waals surface area contributed by atoms with E-state index >= 15 is 0 Å². The third kappa shape index (κ3) is 3.08. The highest BCUT2D eigenvalue weighted by Crippen LogP contribution is 2.38. The highest BCUT2D eigenvalue weighted by atomic mass is 32.2. The Morgan fingerprint density at radius 3 is 2.46 bits per heavy atom. The van der Waals surface area contributed by atoms with Crippen LogP contribution in [0.25, 0.3) is 0 Å². The lowest BCUT2D eigenvalue weighted by atomic mass is 10.1. The predicted molar refractivity (Wildman–Crippen MR) is 103 cm³/mol. The van der Waals surface area contributed by atoms with Gasteiger partial charge in [-0.25, -0.2) is 0 Å². The number of hydrogen-bond donors (Lipinski definition) is 1. The van der Waals surface area contributed by atoms with Crippen molar-refractivity contribution in [1.82, 2.24) is 0 Å². The maximum Gasteiger partial charge on any atom is 0.249 e. The number of rotatable bonds is 4. The first-order valence-corrected chi connectivity index (χ1v) is 8.97. The van der Waals surface area contributed by atoms with Gasteiger partial charge in [0.1, 0.15) is 6.04 Å². The molecule has 2 aromatic rings. The first-order chi connectivity index (χ1) is 11.5. The van der Waals surface area contributed by atoms with Gasteiger partial charge in [-0.2, -0.15) is 0 Å². The van der Waals surface area contributed by atoms with Crippen LogP contribution < -0.4 is 14.5 Å². The van der Waals surface area contributed by atoms with E-state index in [4.69, 9.17) is 0 Å². The smallest absolute Gasteiger partial charge is 0.249 e. The van der Waals surface area contributed by atoms with E-state index in [-0.39, 0.29) is 11.9 Å².